The molecule has 9 heteroatoms. The Morgan fingerprint density at radius 2 is 1.74 bits per heavy atom. The van der Waals surface area contributed by atoms with Crippen LogP contribution in [0.1, 0.15) is 47.0 Å². The Kier molecular flexibility index (Phi) is 9.20. The van der Waals surface area contributed by atoms with Gasteiger partial charge in [0.25, 0.3) is 0 Å². The standard InChI is InChI=1S/C18H32N4O5/c1-10(2)8-13(16(25)20-9-14(23)24)21-18(27)15(11(3)4)22-17(26)12-6-5-7-19-12/h10-13,15,19H,5-9H2,1-4H3,(H,20,25)(H,21,27)(H,22,26)(H,23,24). The fraction of sp³-hybridized carbons (Fsp3) is 0.778. The highest BCUT2D eigenvalue weighted by Crippen LogP contribution is 2.10. The van der Waals surface area contributed by atoms with Gasteiger partial charge in [0, 0.05) is 0 Å². The summed E-state index contributed by atoms with van der Waals surface area (Å²) in [6, 6.07) is -1.94. The number of carbonyl (C=O) groups is 4. The third-order valence-electron chi connectivity index (χ3n) is 4.38. The van der Waals surface area contributed by atoms with Crippen LogP contribution in [0.2, 0.25) is 0 Å². The second kappa shape index (κ2) is 10.9. The van der Waals surface area contributed by atoms with Gasteiger partial charge in [-0.05, 0) is 37.6 Å². The molecule has 1 heterocycles. The van der Waals surface area contributed by atoms with E-state index in [4.69, 9.17) is 5.11 Å². The van der Waals surface area contributed by atoms with Gasteiger partial charge < -0.3 is 26.4 Å². The molecule has 0 aromatic rings. The van der Waals surface area contributed by atoms with Crippen molar-refractivity contribution in [2.45, 2.75) is 65.1 Å². The summed E-state index contributed by atoms with van der Waals surface area (Å²) < 4.78 is 0. The average molecular weight is 384 g/mol. The molecule has 0 aromatic heterocycles. The molecule has 5 N–H and O–H groups in total. The van der Waals surface area contributed by atoms with Crippen molar-refractivity contribution in [2.24, 2.45) is 11.8 Å². The molecular formula is C18H32N4O5. The van der Waals surface area contributed by atoms with Crippen molar-refractivity contribution < 1.29 is 24.3 Å². The van der Waals surface area contributed by atoms with Gasteiger partial charge in [-0.15, -0.1) is 0 Å². The van der Waals surface area contributed by atoms with Gasteiger partial charge in [-0.2, -0.15) is 0 Å². The number of carbonyl (C=O) groups excluding carboxylic acids is 3. The van der Waals surface area contributed by atoms with Crippen molar-refractivity contribution >= 4 is 23.7 Å². The number of nitrogens with one attached hydrogen (secondary N) is 4. The lowest BCUT2D eigenvalue weighted by Crippen LogP contribution is -2.57. The number of carboxylic acids is 1. The van der Waals surface area contributed by atoms with Crippen LogP contribution in [0, 0.1) is 11.8 Å². The number of rotatable bonds is 10. The third kappa shape index (κ3) is 7.94. The molecule has 1 saturated heterocycles. The molecule has 1 aliphatic rings. The minimum Gasteiger partial charge on any atom is -0.480 e. The first-order valence-corrected chi connectivity index (χ1v) is 9.45. The fourth-order valence-electron chi connectivity index (χ4n) is 2.95. The van der Waals surface area contributed by atoms with Crippen molar-refractivity contribution in [3.63, 3.8) is 0 Å². The van der Waals surface area contributed by atoms with Gasteiger partial charge in [0.2, 0.25) is 17.7 Å². The second-order valence-electron chi connectivity index (χ2n) is 7.68. The summed E-state index contributed by atoms with van der Waals surface area (Å²) in [5, 5.41) is 19.5. The monoisotopic (exact) mass is 384 g/mol. The molecule has 1 aliphatic heterocycles. The zero-order chi connectivity index (χ0) is 20.6. The van der Waals surface area contributed by atoms with E-state index in [9.17, 15) is 19.2 Å². The molecule has 27 heavy (non-hydrogen) atoms. The van der Waals surface area contributed by atoms with E-state index in [-0.39, 0.29) is 23.8 Å². The van der Waals surface area contributed by atoms with E-state index in [1.54, 1.807) is 0 Å². The van der Waals surface area contributed by atoms with Crippen LogP contribution < -0.4 is 21.3 Å². The van der Waals surface area contributed by atoms with Crippen molar-refractivity contribution in [1.29, 1.82) is 0 Å². The molecule has 3 amide bonds. The first-order valence-electron chi connectivity index (χ1n) is 9.45. The summed E-state index contributed by atoms with van der Waals surface area (Å²) in [5.74, 6) is -2.44. The molecule has 154 valence electrons. The van der Waals surface area contributed by atoms with E-state index in [1.165, 1.54) is 0 Å². The van der Waals surface area contributed by atoms with Gasteiger partial charge in [-0.25, -0.2) is 0 Å². The smallest absolute Gasteiger partial charge is 0.322 e. The molecule has 3 unspecified atom stereocenters. The first kappa shape index (κ1) is 22.9. The van der Waals surface area contributed by atoms with E-state index in [1.807, 2.05) is 27.7 Å². The molecular weight excluding hydrogens is 352 g/mol. The number of aliphatic carboxylic acids is 1. The molecule has 1 rings (SSSR count). The molecule has 0 saturated carbocycles. The van der Waals surface area contributed by atoms with Crippen LogP contribution in [0.5, 0.6) is 0 Å². The van der Waals surface area contributed by atoms with E-state index in [0.29, 0.717) is 6.42 Å². The van der Waals surface area contributed by atoms with Crippen LogP contribution in [-0.4, -0.2) is 60.0 Å². The van der Waals surface area contributed by atoms with Crippen molar-refractivity contribution in [1.82, 2.24) is 21.3 Å². The maximum absolute atomic E-state index is 12.7. The molecule has 0 bridgehead atoms. The van der Waals surface area contributed by atoms with Crippen LogP contribution in [0.15, 0.2) is 0 Å². The van der Waals surface area contributed by atoms with Gasteiger partial charge in [0.1, 0.15) is 18.6 Å². The highest BCUT2D eigenvalue weighted by molar-refractivity contribution is 5.93. The molecule has 0 aromatic carbocycles. The van der Waals surface area contributed by atoms with Gasteiger partial charge in [0.15, 0.2) is 0 Å². The lowest BCUT2D eigenvalue weighted by Gasteiger charge is -2.26. The second-order valence-corrected chi connectivity index (χ2v) is 7.68. The predicted molar refractivity (Wildman–Crippen MR) is 99.8 cm³/mol. The molecule has 0 aliphatic carbocycles. The Morgan fingerprint density at radius 1 is 1.07 bits per heavy atom. The zero-order valence-corrected chi connectivity index (χ0v) is 16.5. The molecule has 0 spiro atoms. The molecule has 1 fully saturated rings. The summed E-state index contributed by atoms with van der Waals surface area (Å²) in [4.78, 5) is 48.0. The molecule has 0 radical (unpaired) electrons. The SMILES string of the molecule is CC(C)CC(NC(=O)C(NC(=O)C1CCCN1)C(C)C)C(=O)NCC(=O)O. The van der Waals surface area contributed by atoms with E-state index < -0.39 is 36.4 Å². The Bertz CT molecular complexity index is 544. The maximum Gasteiger partial charge on any atom is 0.322 e. The average Bonchev–Trinajstić information content (AvgIpc) is 3.10. The normalized spacial score (nSPS) is 18.8. The fourth-order valence-corrected chi connectivity index (χ4v) is 2.95. The highest BCUT2D eigenvalue weighted by Gasteiger charge is 2.31. The Labute approximate surface area is 160 Å². The summed E-state index contributed by atoms with van der Waals surface area (Å²) in [5.41, 5.74) is 0. The number of hydrogen-bond donors (Lipinski definition) is 5. The summed E-state index contributed by atoms with van der Waals surface area (Å²) in [6.07, 6.45) is 2.00. The van der Waals surface area contributed by atoms with Crippen molar-refractivity contribution in [3.05, 3.63) is 0 Å². The Hall–Kier alpha value is -2.16. The number of amides is 3. The lowest BCUT2D eigenvalue weighted by molar-refractivity contribution is -0.138. The predicted octanol–water partition coefficient (Wildman–Crippen LogP) is -0.389. The zero-order valence-electron chi connectivity index (χ0n) is 16.5. The minimum absolute atomic E-state index is 0.112. The number of carboxylic acid groups (broad SMARTS) is 1. The van der Waals surface area contributed by atoms with E-state index >= 15 is 0 Å². The quantitative estimate of drug-likeness (QED) is 0.348. The van der Waals surface area contributed by atoms with Crippen LogP contribution >= 0.6 is 0 Å². The molecule has 9 nitrogen and oxygen atoms in total. The van der Waals surface area contributed by atoms with Crippen molar-refractivity contribution in [3.8, 4) is 0 Å². The van der Waals surface area contributed by atoms with Gasteiger partial charge >= 0.3 is 5.97 Å². The summed E-state index contributed by atoms with van der Waals surface area (Å²) in [7, 11) is 0. The topological polar surface area (TPSA) is 137 Å². The largest absolute Gasteiger partial charge is 0.480 e. The summed E-state index contributed by atoms with van der Waals surface area (Å²) in [6.45, 7) is 7.69. The van der Waals surface area contributed by atoms with Crippen LogP contribution in [0.3, 0.4) is 0 Å². The van der Waals surface area contributed by atoms with Gasteiger partial charge in [-0.3, -0.25) is 19.2 Å². The van der Waals surface area contributed by atoms with Crippen LogP contribution in [0.4, 0.5) is 0 Å². The summed E-state index contributed by atoms with van der Waals surface area (Å²) >= 11 is 0. The Balaban J connectivity index is 2.76. The number of hydrogen-bond acceptors (Lipinski definition) is 5. The van der Waals surface area contributed by atoms with Crippen LogP contribution in [-0.2, 0) is 19.2 Å². The van der Waals surface area contributed by atoms with E-state index in [2.05, 4.69) is 21.3 Å². The third-order valence-corrected chi connectivity index (χ3v) is 4.38. The lowest BCUT2D eigenvalue weighted by atomic mass is 9.99. The first-order chi connectivity index (χ1) is 12.6. The van der Waals surface area contributed by atoms with Gasteiger partial charge in [-0.1, -0.05) is 27.7 Å². The van der Waals surface area contributed by atoms with Crippen LogP contribution in [0.25, 0.3) is 0 Å². The minimum atomic E-state index is -1.16. The highest BCUT2D eigenvalue weighted by atomic mass is 16.4. The Morgan fingerprint density at radius 3 is 2.22 bits per heavy atom. The molecule has 3 atom stereocenters. The van der Waals surface area contributed by atoms with Gasteiger partial charge in [0.05, 0.1) is 6.04 Å². The maximum atomic E-state index is 12.7. The van der Waals surface area contributed by atoms with E-state index in [0.717, 1.165) is 19.4 Å². The van der Waals surface area contributed by atoms with Crippen molar-refractivity contribution in [2.75, 3.05) is 13.1 Å².